The standard InChI is InChI=1S/C21H21NO4/c1-24-14-18(21(23)26-3)16-8-5-4-7-15(16)13-22-12-11-17-19(22)9-6-10-20(17)25-2/h4-12,14H,13H2,1-3H3. The van der Waals surface area contributed by atoms with Crippen LogP contribution in [-0.2, 0) is 20.8 Å². The van der Waals surface area contributed by atoms with Crippen LogP contribution < -0.4 is 4.74 Å². The topological polar surface area (TPSA) is 49.7 Å². The zero-order chi connectivity index (χ0) is 18.5. The van der Waals surface area contributed by atoms with E-state index >= 15 is 0 Å². The lowest BCUT2D eigenvalue weighted by Gasteiger charge is -2.13. The number of aromatic nitrogens is 1. The average molecular weight is 351 g/mol. The molecule has 5 nitrogen and oxygen atoms in total. The molecule has 2 aromatic carbocycles. The van der Waals surface area contributed by atoms with Gasteiger partial charge >= 0.3 is 5.97 Å². The summed E-state index contributed by atoms with van der Waals surface area (Å²) in [5.74, 6) is 0.405. The minimum atomic E-state index is -0.432. The second-order valence-electron chi connectivity index (χ2n) is 5.75. The first kappa shape index (κ1) is 17.6. The molecule has 5 heteroatoms. The van der Waals surface area contributed by atoms with Crippen molar-refractivity contribution in [2.75, 3.05) is 21.3 Å². The quantitative estimate of drug-likeness (QED) is 0.384. The third-order valence-electron chi connectivity index (χ3n) is 4.28. The summed E-state index contributed by atoms with van der Waals surface area (Å²) in [6, 6.07) is 15.7. The van der Waals surface area contributed by atoms with Crippen LogP contribution in [0.2, 0.25) is 0 Å². The molecule has 0 spiro atoms. The van der Waals surface area contributed by atoms with Crippen LogP contribution in [0.25, 0.3) is 16.5 Å². The third kappa shape index (κ3) is 3.28. The molecular weight excluding hydrogens is 330 g/mol. The number of carbonyl (C=O) groups is 1. The van der Waals surface area contributed by atoms with Crippen molar-refractivity contribution in [1.29, 1.82) is 0 Å². The van der Waals surface area contributed by atoms with Crippen molar-refractivity contribution in [2.45, 2.75) is 6.54 Å². The summed E-state index contributed by atoms with van der Waals surface area (Å²) in [5.41, 5.74) is 3.22. The highest BCUT2D eigenvalue weighted by Gasteiger charge is 2.17. The summed E-state index contributed by atoms with van der Waals surface area (Å²) < 4.78 is 17.5. The number of rotatable bonds is 6. The Morgan fingerprint density at radius 1 is 1.04 bits per heavy atom. The molecule has 3 rings (SSSR count). The number of hydrogen-bond donors (Lipinski definition) is 0. The van der Waals surface area contributed by atoms with E-state index in [2.05, 4.69) is 4.57 Å². The maximum absolute atomic E-state index is 12.2. The zero-order valence-electron chi connectivity index (χ0n) is 15.1. The second kappa shape index (κ2) is 7.78. The number of fused-ring (bicyclic) bond motifs is 1. The Labute approximate surface area is 152 Å². The fourth-order valence-corrected chi connectivity index (χ4v) is 3.06. The van der Waals surface area contributed by atoms with E-state index in [1.807, 2.05) is 54.7 Å². The van der Waals surface area contributed by atoms with Gasteiger partial charge in [0.15, 0.2) is 0 Å². The van der Waals surface area contributed by atoms with Crippen molar-refractivity contribution in [3.05, 3.63) is 72.1 Å². The largest absolute Gasteiger partial charge is 0.503 e. The summed E-state index contributed by atoms with van der Waals surface area (Å²) in [6.07, 6.45) is 3.43. The average Bonchev–Trinajstić information content (AvgIpc) is 3.09. The van der Waals surface area contributed by atoms with Gasteiger partial charge in [-0.05, 0) is 29.3 Å². The number of benzene rings is 2. The third-order valence-corrected chi connectivity index (χ3v) is 4.28. The maximum Gasteiger partial charge on any atom is 0.341 e. The molecule has 26 heavy (non-hydrogen) atoms. The molecule has 0 fully saturated rings. The highest BCUT2D eigenvalue weighted by Crippen LogP contribution is 2.28. The zero-order valence-corrected chi connectivity index (χ0v) is 15.1. The van der Waals surface area contributed by atoms with E-state index in [1.54, 1.807) is 7.11 Å². The van der Waals surface area contributed by atoms with Crippen LogP contribution in [0.15, 0.2) is 61.0 Å². The molecule has 0 atom stereocenters. The first-order valence-electron chi connectivity index (χ1n) is 8.21. The highest BCUT2D eigenvalue weighted by molar-refractivity contribution is 6.16. The number of esters is 1. The smallest absolute Gasteiger partial charge is 0.341 e. The van der Waals surface area contributed by atoms with Crippen molar-refractivity contribution in [3.8, 4) is 5.75 Å². The lowest BCUT2D eigenvalue weighted by Crippen LogP contribution is -2.08. The fourth-order valence-electron chi connectivity index (χ4n) is 3.06. The van der Waals surface area contributed by atoms with Gasteiger partial charge in [0.2, 0.25) is 0 Å². The summed E-state index contributed by atoms with van der Waals surface area (Å²) in [6.45, 7) is 0.602. The van der Waals surface area contributed by atoms with Gasteiger partial charge in [0.1, 0.15) is 11.3 Å². The molecule has 0 bridgehead atoms. The van der Waals surface area contributed by atoms with E-state index in [4.69, 9.17) is 14.2 Å². The second-order valence-corrected chi connectivity index (χ2v) is 5.75. The molecule has 0 aliphatic rings. The molecule has 0 aliphatic heterocycles. The number of hydrogen-bond acceptors (Lipinski definition) is 4. The molecule has 0 saturated heterocycles. The van der Waals surface area contributed by atoms with Crippen molar-refractivity contribution in [3.63, 3.8) is 0 Å². The van der Waals surface area contributed by atoms with Crippen LogP contribution in [0, 0.1) is 0 Å². The molecular formula is C21H21NO4. The Hall–Kier alpha value is -3.21. The molecule has 3 aromatic rings. The van der Waals surface area contributed by atoms with E-state index in [0.29, 0.717) is 12.1 Å². The molecule has 0 N–H and O–H groups in total. The number of ether oxygens (including phenoxy) is 3. The fraction of sp³-hybridized carbons (Fsp3) is 0.190. The molecule has 0 aliphatic carbocycles. The highest BCUT2D eigenvalue weighted by atomic mass is 16.5. The summed E-state index contributed by atoms with van der Waals surface area (Å²) in [4.78, 5) is 12.2. The van der Waals surface area contributed by atoms with Crippen molar-refractivity contribution in [2.24, 2.45) is 0 Å². The van der Waals surface area contributed by atoms with Gasteiger partial charge in [-0.3, -0.25) is 0 Å². The van der Waals surface area contributed by atoms with Gasteiger partial charge in [-0.2, -0.15) is 0 Å². The summed E-state index contributed by atoms with van der Waals surface area (Å²) >= 11 is 0. The monoisotopic (exact) mass is 351 g/mol. The molecule has 0 amide bonds. The normalized spacial score (nSPS) is 11.4. The Bertz CT molecular complexity index is 956. The van der Waals surface area contributed by atoms with Crippen LogP contribution in [0.1, 0.15) is 11.1 Å². The van der Waals surface area contributed by atoms with Crippen molar-refractivity contribution >= 4 is 22.4 Å². The lowest BCUT2D eigenvalue weighted by atomic mass is 10.0. The predicted octanol–water partition coefficient (Wildman–Crippen LogP) is 3.86. The van der Waals surface area contributed by atoms with E-state index in [9.17, 15) is 4.79 Å². The van der Waals surface area contributed by atoms with Gasteiger partial charge in [-0.25, -0.2) is 4.79 Å². The van der Waals surface area contributed by atoms with E-state index in [0.717, 1.165) is 27.8 Å². The van der Waals surface area contributed by atoms with Gasteiger partial charge in [-0.1, -0.05) is 30.3 Å². The molecule has 1 aromatic heterocycles. The first-order valence-corrected chi connectivity index (χ1v) is 8.21. The van der Waals surface area contributed by atoms with Gasteiger partial charge in [-0.15, -0.1) is 0 Å². The summed E-state index contributed by atoms with van der Waals surface area (Å²) in [5, 5.41) is 1.05. The predicted molar refractivity (Wildman–Crippen MR) is 101 cm³/mol. The number of nitrogens with zero attached hydrogens (tertiary/aromatic N) is 1. The molecule has 0 saturated carbocycles. The summed E-state index contributed by atoms with van der Waals surface area (Å²) in [7, 11) is 4.54. The van der Waals surface area contributed by atoms with E-state index in [1.165, 1.54) is 20.5 Å². The van der Waals surface area contributed by atoms with Crippen LogP contribution in [-0.4, -0.2) is 31.9 Å². The SMILES string of the molecule is COC=C(C(=O)OC)c1ccccc1Cn1ccc2c(OC)cccc21. The van der Waals surface area contributed by atoms with E-state index in [-0.39, 0.29) is 0 Å². The van der Waals surface area contributed by atoms with Gasteiger partial charge < -0.3 is 18.8 Å². The van der Waals surface area contributed by atoms with Crippen LogP contribution in [0.4, 0.5) is 0 Å². The molecule has 1 heterocycles. The number of carbonyl (C=O) groups excluding carboxylic acids is 1. The first-order chi connectivity index (χ1) is 12.7. The van der Waals surface area contributed by atoms with Gasteiger partial charge in [0.25, 0.3) is 0 Å². The molecule has 134 valence electrons. The Balaban J connectivity index is 2.05. The number of methoxy groups -OCH3 is 3. The Morgan fingerprint density at radius 3 is 2.58 bits per heavy atom. The Morgan fingerprint density at radius 2 is 1.85 bits per heavy atom. The van der Waals surface area contributed by atoms with Gasteiger partial charge in [0.05, 0.1) is 33.1 Å². The molecule has 0 radical (unpaired) electrons. The van der Waals surface area contributed by atoms with Crippen molar-refractivity contribution in [1.82, 2.24) is 4.57 Å². The Kier molecular flexibility index (Phi) is 5.27. The van der Waals surface area contributed by atoms with Gasteiger partial charge in [0, 0.05) is 18.1 Å². The lowest BCUT2D eigenvalue weighted by molar-refractivity contribution is -0.133. The minimum absolute atomic E-state index is 0.389. The minimum Gasteiger partial charge on any atom is -0.503 e. The molecule has 0 unspecified atom stereocenters. The van der Waals surface area contributed by atoms with Crippen LogP contribution >= 0.6 is 0 Å². The van der Waals surface area contributed by atoms with E-state index < -0.39 is 5.97 Å². The maximum atomic E-state index is 12.2. The van der Waals surface area contributed by atoms with Crippen LogP contribution in [0.5, 0.6) is 5.75 Å². The van der Waals surface area contributed by atoms with Crippen LogP contribution in [0.3, 0.4) is 0 Å². The van der Waals surface area contributed by atoms with Crippen molar-refractivity contribution < 1.29 is 19.0 Å².